The fourth-order valence-corrected chi connectivity index (χ4v) is 1.49. The van der Waals surface area contributed by atoms with Crippen molar-refractivity contribution in [2.24, 2.45) is 4.99 Å². The van der Waals surface area contributed by atoms with Gasteiger partial charge in [0, 0.05) is 12.5 Å². The molecule has 1 aliphatic heterocycles. The van der Waals surface area contributed by atoms with E-state index < -0.39 is 5.97 Å². The molecule has 0 atom stereocenters. The van der Waals surface area contributed by atoms with Gasteiger partial charge in [-0.25, -0.2) is 9.79 Å². The highest BCUT2D eigenvalue weighted by atomic mass is 16.6. The van der Waals surface area contributed by atoms with Crippen LogP contribution in [0.4, 0.5) is 0 Å². The topological polar surface area (TPSA) is 55.7 Å². The Labute approximate surface area is 98.6 Å². The Kier molecular flexibility index (Phi) is 2.87. The number of hydrogen-bond donors (Lipinski definition) is 0. The molecule has 1 aromatic carbocycles. The van der Waals surface area contributed by atoms with Crippen LogP contribution in [0.5, 0.6) is 0 Å². The van der Waals surface area contributed by atoms with Crippen LogP contribution >= 0.6 is 0 Å². The van der Waals surface area contributed by atoms with Crippen molar-refractivity contribution in [1.29, 1.82) is 0 Å². The van der Waals surface area contributed by atoms with Crippen molar-refractivity contribution in [1.82, 2.24) is 0 Å². The number of benzene rings is 1. The first-order valence-corrected chi connectivity index (χ1v) is 5.16. The summed E-state index contributed by atoms with van der Waals surface area (Å²) in [5.41, 5.74) is 1.72. The Bertz CT molecular complexity index is 538. The average Bonchev–Trinajstić information content (AvgIpc) is 2.58. The van der Waals surface area contributed by atoms with Crippen molar-refractivity contribution in [3.8, 4) is 0 Å². The zero-order chi connectivity index (χ0) is 12.4. The number of Topliss-reactive ketones (excluding diaryl/α,β-unsaturated/α-hetero) is 1. The van der Waals surface area contributed by atoms with Gasteiger partial charge in [-0.3, -0.25) is 4.79 Å². The van der Waals surface area contributed by atoms with Gasteiger partial charge in [-0.15, -0.1) is 0 Å². The molecule has 0 aromatic heterocycles. The van der Waals surface area contributed by atoms with Crippen LogP contribution in [0, 0.1) is 0 Å². The van der Waals surface area contributed by atoms with Crippen molar-refractivity contribution in [2.75, 3.05) is 0 Å². The number of aliphatic imine (C=N–C) groups is 1. The minimum absolute atomic E-state index is 0.0124. The van der Waals surface area contributed by atoms with E-state index in [-0.39, 0.29) is 11.5 Å². The summed E-state index contributed by atoms with van der Waals surface area (Å²) in [6.45, 7) is 3.13. The molecular formula is C13H11NO3. The molecule has 0 saturated heterocycles. The van der Waals surface area contributed by atoms with E-state index in [0.29, 0.717) is 11.5 Å². The molecule has 4 nitrogen and oxygen atoms in total. The molecule has 1 aromatic rings. The highest BCUT2D eigenvalue weighted by Gasteiger charge is 2.19. The summed E-state index contributed by atoms with van der Waals surface area (Å²) in [6, 6.07) is 6.96. The van der Waals surface area contributed by atoms with Gasteiger partial charge in [0.15, 0.2) is 17.4 Å². The fraction of sp³-hybridized carbons (Fsp3) is 0.154. The molecule has 86 valence electrons. The van der Waals surface area contributed by atoms with E-state index in [2.05, 4.69) is 4.99 Å². The van der Waals surface area contributed by atoms with E-state index in [0.717, 1.165) is 5.56 Å². The number of ether oxygens (including phenoxy) is 1. The Morgan fingerprint density at radius 2 is 1.94 bits per heavy atom. The SMILES string of the molecule is CC(=O)c1ccc(/C=C2\N=C(C)OC2=O)cc1. The average molecular weight is 229 g/mol. The van der Waals surface area contributed by atoms with E-state index in [1.165, 1.54) is 6.92 Å². The first-order chi connectivity index (χ1) is 8.06. The molecule has 1 heterocycles. The van der Waals surface area contributed by atoms with Gasteiger partial charge in [0.05, 0.1) is 0 Å². The third-order valence-electron chi connectivity index (χ3n) is 2.35. The lowest BCUT2D eigenvalue weighted by molar-refractivity contribution is -0.130. The van der Waals surface area contributed by atoms with Gasteiger partial charge >= 0.3 is 5.97 Å². The van der Waals surface area contributed by atoms with Crippen LogP contribution in [0.3, 0.4) is 0 Å². The Morgan fingerprint density at radius 3 is 2.41 bits per heavy atom. The second-order valence-electron chi connectivity index (χ2n) is 3.73. The van der Waals surface area contributed by atoms with Crippen molar-refractivity contribution in [3.63, 3.8) is 0 Å². The summed E-state index contributed by atoms with van der Waals surface area (Å²) in [5, 5.41) is 0. The fourth-order valence-electron chi connectivity index (χ4n) is 1.49. The van der Waals surface area contributed by atoms with Crippen LogP contribution in [0.1, 0.15) is 29.8 Å². The largest absolute Gasteiger partial charge is 0.407 e. The van der Waals surface area contributed by atoms with E-state index in [1.807, 2.05) is 0 Å². The molecule has 0 amide bonds. The van der Waals surface area contributed by atoms with Gasteiger partial charge < -0.3 is 4.74 Å². The Hall–Kier alpha value is -2.23. The number of cyclic esters (lactones) is 1. The smallest absolute Gasteiger partial charge is 0.363 e. The predicted molar refractivity (Wildman–Crippen MR) is 63.6 cm³/mol. The summed E-state index contributed by atoms with van der Waals surface area (Å²) < 4.78 is 4.80. The van der Waals surface area contributed by atoms with Crippen LogP contribution in [0.15, 0.2) is 35.0 Å². The van der Waals surface area contributed by atoms with E-state index in [1.54, 1.807) is 37.3 Å². The number of carbonyl (C=O) groups excluding carboxylic acids is 2. The quantitative estimate of drug-likeness (QED) is 0.444. The summed E-state index contributed by atoms with van der Waals surface area (Å²) in [6.07, 6.45) is 1.63. The van der Waals surface area contributed by atoms with Crippen LogP contribution in [0.2, 0.25) is 0 Å². The molecule has 0 unspecified atom stereocenters. The van der Waals surface area contributed by atoms with Crippen LogP contribution in [-0.2, 0) is 9.53 Å². The highest BCUT2D eigenvalue weighted by Crippen LogP contribution is 2.15. The first-order valence-electron chi connectivity index (χ1n) is 5.16. The normalized spacial score (nSPS) is 16.9. The number of esters is 1. The molecule has 0 bridgehead atoms. The van der Waals surface area contributed by atoms with Gasteiger partial charge in [-0.1, -0.05) is 24.3 Å². The molecule has 4 heteroatoms. The van der Waals surface area contributed by atoms with Crippen molar-refractivity contribution >= 4 is 23.7 Å². The molecule has 0 fully saturated rings. The molecule has 2 rings (SSSR count). The highest BCUT2D eigenvalue weighted by molar-refractivity contribution is 6.06. The van der Waals surface area contributed by atoms with Gasteiger partial charge in [0.1, 0.15) is 0 Å². The lowest BCUT2D eigenvalue weighted by Crippen LogP contribution is -1.99. The summed E-state index contributed by atoms with van der Waals surface area (Å²) in [5.74, 6) is -0.0851. The van der Waals surface area contributed by atoms with Gasteiger partial charge in [0.2, 0.25) is 0 Å². The van der Waals surface area contributed by atoms with E-state index in [4.69, 9.17) is 4.74 Å². The van der Waals surface area contributed by atoms with Crippen LogP contribution in [0.25, 0.3) is 6.08 Å². The molecule has 0 N–H and O–H groups in total. The second kappa shape index (κ2) is 4.33. The van der Waals surface area contributed by atoms with Crippen molar-refractivity contribution in [2.45, 2.75) is 13.8 Å². The minimum Gasteiger partial charge on any atom is -0.407 e. The lowest BCUT2D eigenvalue weighted by atomic mass is 10.1. The lowest BCUT2D eigenvalue weighted by Gasteiger charge is -1.97. The van der Waals surface area contributed by atoms with Crippen LogP contribution < -0.4 is 0 Å². The number of nitrogens with zero attached hydrogens (tertiary/aromatic N) is 1. The maximum absolute atomic E-state index is 11.3. The number of ketones is 1. The predicted octanol–water partition coefficient (Wildman–Crippen LogP) is 2.21. The maximum atomic E-state index is 11.3. The zero-order valence-corrected chi connectivity index (χ0v) is 9.56. The molecule has 0 saturated carbocycles. The number of rotatable bonds is 2. The standard InChI is InChI=1S/C13H11NO3/c1-8(15)11-5-3-10(4-6-11)7-12-13(16)17-9(2)14-12/h3-7H,1-2H3/b12-7-. The zero-order valence-electron chi connectivity index (χ0n) is 9.56. The minimum atomic E-state index is -0.446. The Balaban J connectivity index is 2.28. The third-order valence-corrected chi connectivity index (χ3v) is 2.35. The van der Waals surface area contributed by atoms with Crippen molar-refractivity contribution in [3.05, 3.63) is 41.1 Å². The van der Waals surface area contributed by atoms with Crippen molar-refractivity contribution < 1.29 is 14.3 Å². The summed E-state index contributed by atoms with van der Waals surface area (Å²) in [7, 11) is 0. The third kappa shape index (κ3) is 2.47. The Morgan fingerprint density at radius 1 is 1.29 bits per heavy atom. The van der Waals surface area contributed by atoms with Gasteiger partial charge in [-0.2, -0.15) is 0 Å². The molecular weight excluding hydrogens is 218 g/mol. The monoisotopic (exact) mass is 229 g/mol. The maximum Gasteiger partial charge on any atom is 0.363 e. The van der Waals surface area contributed by atoms with Crippen LogP contribution in [-0.4, -0.2) is 17.7 Å². The van der Waals surface area contributed by atoms with Gasteiger partial charge in [0.25, 0.3) is 0 Å². The molecule has 1 aliphatic rings. The van der Waals surface area contributed by atoms with Gasteiger partial charge in [-0.05, 0) is 18.6 Å². The second-order valence-corrected chi connectivity index (χ2v) is 3.73. The molecule has 0 aliphatic carbocycles. The van der Waals surface area contributed by atoms with E-state index in [9.17, 15) is 9.59 Å². The number of hydrogen-bond acceptors (Lipinski definition) is 4. The number of carbonyl (C=O) groups is 2. The summed E-state index contributed by atoms with van der Waals surface area (Å²) in [4.78, 5) is 26.4. The molecule has 0 spiro atoms. The molecule has 17 heavy (non-hydrogen) atoms. The van der Waals surface area contributed by atoms with E-state index >= 15 is 0 Å². The molecule has 0 radical (unpaired) electrons. The first kappa shape index (κ1) is 11.3. The summed E-state index contributed by atoms with van der Waals surface area (Å²) >= 11 is 0.